The molecule has 1 aliphatic heterocycles. The zero-order valence-electron chi connectivity index (χ0n) is 17.2. The Morgan fingerprint density at radius 3 is 2.89 bits per heavy atom. The van der Waals surface area contributed by atoms with Crippen molar-refractivity contribution in [2.45, 2.75) is 71.9 Å². The van der Waals surface area contributed by atoms with Crippen LogP contribution < -0.4 is 10.6 Å². The third-order valence-electron chi connectivity index (χ3n) is 5.02. The number of fused-ring (bicyclic) bond motifs is 1. The van der Waals surface area contributed by atoms with Crippen molar-refractivity contribution in [3.63, 3.8) is 0 Å². The van der Waals surface area contributed by atoms with E-state index in [-0.39, 0.29) is 0 Å². The second-order valence-electron chi connectivity index (χ2n) is 7.08. The Morgan fingerprint density at radius 2 is 2.04 bits per heavy atom. The van der Waals surface area contributed by atoms with Gasteiger partial charge in [0.2, 0.25) is 0 Å². The van der Waals surface area contributed by atoms with Gasteiger partial charge in [0.15, 0.2) is 5.96 Å². The van der Waals surface area contributed by atoms with E-state index in [1.165, 1.54) is 19.3 Å². The summed E-state index contributed by atoms with van der Waals surface area (Å²) in [5, 5.41) is 23.6. The molecule has 3 rings (SSSR count). The van der Waals surface area contributed by atoms with Crippen LogP contribution in [-0.4, -0.2) is 55.1 Å². The van der Waals surface area contributed by atoms with Crippen molar-refractivity contribution in [1.29, 1.82) is 0 Å². The minimum Gasteiger partial charge on any atom is -0.357 e. The molecule has 0 radical (unpaired) electrons. The molecule has 9 nitrogen and oxygen atoms in total. The fraction of sp³-hybridized carbons (Fsp3) is 0.737. The van der Waals surface area contributed by atoms with Crippen molar-refractivity contribution in [1.82, 2.24) is 40.2 Å². The van der Waals surface area contributed by atoms with E-state index < -0.39 is 0 Å². The number of rotatable bonds is 9. The summed E-state index contributed by atoms with van der Waals surface area (Å²) in [6.07, 6.45) is 9.39. The Kier molecular flexibility index (Phi) is 7.81. The van der Waals surface area contributed by atoms with Crippen molar-refractivity contribution in [3.8, 4) is 0 Å². The Bertz CT molecular complexity index is 746. The molecule has 9 heteroatoms. The molecule has 0 aromatic carbocycles. The minimum absolute atomic E-state index is 0.768. The van der Waals surface area contributed by atoms with Gasteiger partial charge in [-0.25, -0.2) is 0 Å². The first-order valence-electron chi connectivity index (χ1n) is 10.6. The maximum atomic E-state index is 4.70. The second kappa shape index (κ2) is 10.8. The molecule has 3 heterocycles. The van der Waals surface area contributed by atoms with E-state index in [2.05, 4.69) is 54.0 Å². The Balaban J connectivity index is 1.45. The molecule has 0 fully saturated rings. The van der Waals surface area contributed by atoms with E-state index in [9.17, 15) is 0 Å². The maximum Gasteiger partial charge on any atom is 0.191 e. The summed E-state index contributed by atoms with van der Waals surface area (Å²) in [5.74, 6) is 4.14. The number of aliphatic imine (C=N–C) groups is 1. The monoisotopic (exact) mass is 387 g/mol. The molecule has 0 saturated heterocycles. The average molecular weight is 388 g/mol. The molecule has 0 atom stereocenters. The number of guanidine groups is 1. The summed E-state index contributed by atoms with van der Waals surface area (Å²) in [7, 11) is 0. The summed E-state index contributed by atoms with van der Waals surface area (Å²) in [5.41, 5.74) is 0. The smallest absolute Gasteiger partial charge is 0.191 e. The topological polar surface area (TPSA) is 97.8 Å². The highest BCUT2D eigenvalue weighted by molar-refractivity contribution is 5.79. The predicted octanol–water partition coefficient (Wildman–Crippen LogP) is 1.35. The van der Waals surface area contributed by atoms with Crippen LogP contribution in [0.1, 0.15) is 57.0 Å². The molecule has 0 spiro atoms. The largest absolute Gasteiger partial charge is 0.357 e. The van der Waals surface area contributed by atoms with Crippen molar-refractivity contribution >= 4 is 5.96 Å². The van der Waals surface area contributed by atoms with Crippen molar-refractivity contribution < 1.29 is 0 Å². The van der Waals surface area contributed by atoms with Gasteiger partial charge in [-0.3, -0.25) is 4.99 Å². The van der Waals surface area contributed by atoms with E-state index in [1.54, 1.807) is 6.33 Å². The number of aromatic nitrogens is 6. The highest BCUT2D eigenvalue weighted by Crippen LogP contribution is 2.15. The Morgan fingerprint density at radius 1 is 1.11 bits per heavy atom. The average Bonchev–Trinajstić information content (AvgIpc) is 3.24. The number of aryl methyl sites for hydroxylation is 3. The summed E-state index contributed by atoms with van der Waals surface area (Å²) in [4.78, 5) is 4.70. The fourth-order valence-corrected chi connectivity index (χ4v) is 3.53. The van der Waals surface area contributed by atoms with E-state index in [1.807, 2.05) is 0 Å². The third-order valence-corrected chi connectivity index (χ3v) is 5.02. The Hall–Kier alpha value is -2.45. The molecule has 154 valence electrons. The lowest BCUT2D eigenvalue weighted by molar-refractivity contribution is 0.597. The summed E-state index contributed by atoms with van der Waals surface area (Å²) >= 11 is 0. The van der Waals surface area contributed by atoms with Crippen LogP contribution >= 0.6 is 0 Å². The first kappa shape index (κ1) is 20.3. The van der Waals surface area contributed by atoms with Crippen LogP contribution in [0.3, 0.4) is 0 Å². The van der Waals surface area contributed by atoms with Crippen molar-refractivity contribution in [3.05, 3.63) is 23.8 Å². The maximum absolute atomic E-state index is 4.70. The minimum atomic E-state index is 0.768. The van der Waals surface area contributed by atoms with Crippen LogP contribution in [0.15, 0.2) is 11.3 Å². The molecule has 2 aromatic heterocycles. The third kappa shape index (κ3) is 5.53. The number of nitrogens with one attached hydrogen (secondary N) is 2. The van der Waals surface area contributed by atoms with E-state index in [4.69, 9.17) is 4.99 Å². The molecule has 28 heavy (non-hydrogen) atoms. The van der Waals surface area contributed by atoms with Gasteiger partial charge in [0.05, 0.1) is 0 Å². The van der Waals surface area contributed by atoms with Crippen LogP contribution in [0, 0.1) is 0 Å². The molecule has 0 bridgehead atoms. The van der Waals surface area contributed by atoms with Crippen LogP contribution in [0.5, 0.6) is 0 Å². The second-order valence-corrected chi connectivity index (χ2v) is 7.08. The van der Waals surface area contributed by atoms with Gasteiger partial charge in [-0.2, -0.15) is 0 Å². The van der Waals surface area contributed by atoms with E-state index in [0.29, 0.717) is 0 Å². The molecular formula is C19H33N9. The van der Waals surface area contributed by atoms with Crippen LogP contribution in [0.4, 0.5) is 0 Å². The molecule has 0 saturated carbocycles. The highest BCUT2D eigenvalue weighted by atomic mass is 15.3. The van der Waals surface area contributed by atoms with E-state index in [0.717, 1.165) is 81.8 Å². The Labute approximate surface area is 167 Å². The first-order chi connectivity index (χ1) is 13.8. The predicted molar refractivity (Wildman–Crippen MR) is 109 cm³/mol. The zero-order chi connectivity index (χ0) is 19.6. The first-order valence-corrected chi connectivity index (χ1v) is 10.6. The van der Waals surface area contributed by atoms with Gasteiger partial charge in [-0.15, -0.1) is 20.4 Å². The summed E-state index contributed by atoms with van der Waals surface area (Å²) in [6, 6.07) is 0. The highest BCUT2D eigenvalue weighted by Gasteiger charge is 2.14. The van der Waals surface area contributed by atoms with Gasteiger partial charge < -0.3 is 19.8 Å². The van der Waals surface area contributed by atoms with Crippen LogP contribution in [-0.2, 0) is 32.4 Å². The number of hydrogen-bond donors (Lipinski definition) is 2. The van der Waals surface area contributed by atoms with E-state index >= 15 is 0 Å². The SMILES string of the molecule is CCNC(=NCCCc1nnc2n1CCCCC2)NCCn1cnnc1CC. The molecule has 0 unspecified atom stereocenters. The lowest BCUT2D eigenvalue weighted by Gasteiger charge is -2.12. The van der Waals surface area contributed by atoms with Gasteiger partial charge in [0.1, 0.15) is 23.8 Å². The molecular weight excluding hydrogens is 354 g/mol. The van der Waals surface area contributed by atoms with Crippen LogP contribution in [0.2, 0.25) is 0 Å². The molecule has 2 aromatic rings. The fourth-order valence-electron chi connectivity index (χ4n) is 3.53. The molecule has 1 aliphatic rings. The molecule has 2 N–H and O–H groups in total. The van der Waals surface area contributed by atoms with Gasteiger partial charge in [0.25, 0.3) is 0 Å². The summed E-state index contributed by atoms with van der Waals surface area (Å²) < 4.78 is 4.40. The number of hydrogen-bond acceptors (Lipinski definition) is 5. The number of nitrogens with zero attached hydrogens (tertiary/aromatic N) is 7. The standard InChI is InChI=1S/C19H33N9/c1-3-16-24-23-15-27(16)14-12-22-19(20-4-2)21-11-8-10-18-26-25-17-9-6-5-7-13-28(17)18/h15H,3-14H2,1-2H3,(H2,20,21,22). The van der Waals surface area contributed by atoms with Gasteiger partial charge >= 0.3 is 0 Å². The molecule has 0 aliphatic carbocycles. The van der Waals surface area contributed by atoms with Crippen molar-refractivity contribution in [2.75, 3.05) is 19.6 Å². The van der Waals surface area contributed by atoms with Crippen molar-refractivity contribution in [2.24, 2.45) is 4.99 Å². The lowest BCUT2D eigenvalue weighted by Crippen LogP contribution is -2.39. The summed E-state index contributed by atoms with van der Waals surface area (Å²) in [6.45, 7) is 8.46. The van der Waals surface area contributed by atoms with Gasteiger partial charge in [0, 0.05) is 52.0 Å². The zero-order valence-corrected chi connectivity index (χ0v) is 17.2. The quantitative estimate of drug-likeness (QED) is 0.383. The molecule has 0 amide bonds. The normalized spacial score (nSPS) is 14.6. The van der Waals surface area contributed by atoms with Gasteiger partial charge in [-0.1, -0.05) is 13.3 Å². The lowest BCUT2D eigenvalue weighted by atomic mass is 10.2. The van der Waals surface area contributed by atoms with Crippen LogP contribution in [0.25, 0.3) is 0 Å². The van der Waals surface area contributed by atoms with Gasteiger partial charge in [-0.05, 0) is 26.2 Å².